The van der Waals surface area contributed by atoms with Crippen molar-refractivity contribution in [2.45, 2.75) is 44.6 Å². The minimum absolute atomic E-state index is 0.0960. The summed E-state index contributed by atoms with van der Waals surface area (Å²) >= 11 is 0. The predicted molar refractivity (Wildman–Crippen MR) is 154 cm³/mol. The number of benzene rings is 1. The topological polar surface area (TPSA) is 120 Å². The number of anilines is 1. The summed E-state index contributed by atoms with van der Waals surface area (Å²) in [6, 6.07) is 7.84. The van der Waals surface area contributed by atoms with Gasteiger partial charge in [0, 0.05) is 42.7 Å². The molecule has 5 rings (SSSR count). The van der Waals surface area contributed by atoms with Crippen molar-refractivity contribution >= 4 is 16.9 Å². The lowest BCUT2D eigenvalue weighted by Gasteiger charge is -2.36. The molecule has 0 radical (unpaired) electrons. The summed E-state index contributed by atoms with van der Waals surface area (Å²) < 4.78 is 29.3. The van der Waals surface area contributed by atoms with E-state index >= 15 is 4.39 Å². The fourth-order valence-electron chi connectivity index (χ4n) is 5.68. The van der Waals surface area contributed by atoms with Gasteiger partial charge in [-0.05, 0) is 47.0 Å². The number of likely N-dealkylation sites (N-methyl/N-ethyl adjacent to an activating group) is 1. The van der Waals surface area contributed by atoms with E-state index in [0.717, 1.165) is 22.8 Å². The molecule has 1 aliphatic heterocycles. The second-order valence-corrected chi connectivity index (χ2v) is 11.5. The lowest BCUT2D eigenvalue weighted by molar-refractivity contribution is -0.422. The van der Waals surface area contributed by atoms with Crippen LogP contribution < -0.4 is 10.6 Å². The average Bonchev–Trinajstić information content (AvgIpc) is 3.25. The molecule has 12 heteroatoms. The second kappa shape index (κ2) is 10.8. The van der Waals surface area contributed by atoms with Crippen LogP contribution in [-0.4, -0.2) is 76.9 Å². The maximum Gasteiger partial charge on any atom is 0.290 e. The van der Waals surface area contributed by atoms with Crippen LogP contribution in [0.1, 0.15) is 26.5 Å². The fourth-order valence-corrected chi connectivity index (χ4v) is 5.68. The third kappa shape index (κ3) is 5.30. The molecule has 1 aliphatic carbocycles. The van der Waals surface area contributed by atoms with Crippen LogP contribution in [0.25, 0.3) is 22.2 Å². The number of para-hydroxylation sites is 1. The van der Waals surface area contributed by atoms with Gasteiger partial charge in [-0.25, -0.2) is 14.4 Å². The number of methoxy groups -OCH3 is 1. The number of ether oxygens (including phenoxy) is 2. The summed E-state index contributed by atoms with van der Waals surface area (Å²) in [5, 5.41) is 19.2. The van der Waals surface area contributed by atoms with Crippen LogP contribution in [0.15, 0.2) is 54.0 Å². The predicted octanol–water partition coefficient (Wildman–Crippen LogP) is 3.90. The van der Waals surface area contributed by atoms with Crippen molar-refractivity contribution in [3.05, 3.63) is 75.6 Å². The Balaban J connectivity index is 1.55. The van der Waals surface area contributed by atoms with E-state index in [-0.39, 0.29) is 22.9 Å². The molecule has 2 atom stereocenters. The van der Waals surface area contributed by atoms with Gasteiger partial charge in [0.05, 0.1) is 41.1 Å². The van der Waals surface area contributed by atoms with E-state index in [1.54, 1.807) is 13.0 Å². The zero-order valence-corrected chi connectivity index (χ0v) is 24.2. The zero-order valence-electron chi connectivity index (χ0n) is 24.2. The first kappa shape index (κ1) is 28.7. The van der Waals surface area contributed by atoms with Crippen LogP contribution >= 0.6 is 0 Å². The van der Waals surface area contributed by atoms with Crippen LogP contribution in [0, 0.1) is 15.9 Å². The molecular weight excluding hydrogens is 529 g/mol. The highest BCUT2D eigenvalue weighted by Crippen LogP contribution is 2.41. The molecule has 41 heavy (non-hydrogen) atoms. The Morgan fingerprint density at radius 2 is 2.05 bits per heavy atom. The molecule has 0 fully saturated rings. The minimum atomic E-state index is -1.10. The van der Waals surface area contributed by atoms with E-state index < -0.39 is 22.4 Å². The Kier molecular flexibility index (Phi) is 7.58. The van der Waals surface area contributed by atoms with E-state index in [0.29, 0.717) is 37.6 Å². The Bertz CT molecular complexity index is 1550. The molecule has 0 saturated heterocycles. The average molecular weight is 566 g/mol. The monoisotopic (exact) mass is 565 g/mol. The van der Waals surface area contributed by atoms with Gasteiger partial charge in [0.1, 0.15) is 17.5 Å². The first-order valence-electron chi connectivity index (χ1n) is 13.5. The molecule has 0 bridgehead atoms. The highest BCUT2D eigenvalue weighted by atomic mass is 19.1. The van der Waals surface area contributed by atoms with Crippen LogP contribution in [0.2, 0.25) is 0 Å². The van der Waals surface area contributed by atoms with Gasteiger partial charge in [-0.3, -0.25) is 10.1 Å². The van der Waals surface area contributed by atoms with Gasteiger partial charge in [-0.1, -0.05) is 18.2 Å². The first-order valence-corrected chi connectivity index (χ1v) is 13.5. The van der Waals surface area contributed by atoms with Crippen molar-refractivity contribution in [1.82, 2.24) is 24.8 Å². The van der Waals surface area contributed by atoms with Gasteiger partial charge in [0.15, 0.2) is 5.82 Å². The third-order valence-electron chi connectivity index (χ3n) is 7.58. The Morgan fingerprint density at radius 1 is 1.29 bits per heavy atom. The Morgan fingerprint density at radius 3 is 2.76 bits per heavy atom. The number of aromatic nitrogens is 3. The van der Waals surface area contributed by atoms with Gasteiger partial charge < -0.3 is 29.6 Å². The molecule has 11 nitrogen and oxygen atoms in total. The molecule has 218 valence electrons. The van der Waals surface area contributed by atoms with Gasteiger partial charge in [-0.2, -0.15) is 0 Å². The van der Waals surface area contributed by atoms with Gasteiger partial charge in [-0.15, -0.1) is 0 Å². The summed E-state index contributed by atoms with van der Waals surface area (Å²) in [6.45, 7) is 7.98. The largest absolute Gasteiger partial charge is 0.378 e. The Labute approximate surface area is 238 Å². The maximum atomic E-state index is 15.5. The smallest absolute Gasteiger partial charge is 0.290 e. The Hall–Kier alpha value is -3.87. The van der Waals surface area contributed by atoms with Gasteiger partial charge in [0.25, 0.3) is 5.70 Å². The maximum absolute atomic E-state index is 15.5. The van der Waals surface area contributed by atoms with Crippen molar-refractivity contribution in [2.24, 2.45) is 0 Å². The molecule has 2 aliphatic rings. The zero-order chi connectivity index (χ0) is 29.5. The molecule has 2 N–H and O–H groups in total. The molecule has 3 aromatic rings. The summed E-state index contributed by atoms with van der Waals surface area (Å²) in [5.41, 5.74) is 1.40. The van der Waals surface area contributed by atoms with Crippen LogP contribution in [0.5, 0.6) is 0 Å². The van der Waals surface area contributed by atoms with Crippen LogP contribution in [-0.2, 0) is 21.6 Å². The number of hydrogen-bond donors (Lipinski definition) is 2. The summed E-state index contributed by atoms with van der Waals surface area (Å²) in [7, 11) is 5.39. The van der Waals surface area contributed by atoms with Crippen molar-refractivity contribution in [2.75, 3.05) is 46.2 Å². The van der Waals surface area contributed by atoms with Crippen molar-refractivity contribution in [3.8, 4) is 11.3 Å². The van der Waals surface area contributed by atoms with E-state index in [2.05, 4.69) is 39.0 Å². The summed E-state index contributed by atoms with van der Waals surface area (Å²) in [5.74, 6) is -0.466. The second-order valence-electron chi connectivity index (χ2n) is 11.5. The molecule has 1 aromatic carbocycles. The number of hydrogen-bond acceptors (Lipinski definition) is 9. The highest BCUT2D eigenvalue weighted by molar-refractivity contribution is 5.97. The minimum Gasteiger partial charge on any atom is -0.378 e. The molecule has 0 saturated carbocycles. The number of nitrogens with zero attached hydrogens (tertiary/aromatic N) is 5. The lowest BCUT2D eigenvalue weighted by Crippen LogP contribution is -2.49. The number of rotatable bonds is 9. The highest BCUT2D eigenvalue weighted by Gasteiger charge is 2.41. The molecule has 2 aromatic heterocycles. The molecule has 2 unspecified atom stereocenters. The number of nitro groups is 1. The van der Waals surface area contributed by atoms with E-state index in [1.807, 2.05) is 43.3 Å². The molecule has 3 heterocycles. The van der Waals surface area contributed by atoms with Crippen LogP contribution in [0.3, 0.4) is 0 Å². The molecule has 0 amide bonds. The van der Waals surface area contributed by atoms with Gasteiger partial charge >= 0.3 is 0 Å². The van der Waals surface area contributed by atoms with Crippen molar-refractivity contribution < 1.29 is 18.8 Å². The van der Waals surface area contributed by atoms with E-state index in [9.17, 15) is 10.1 Å². The number of nitrogens with one attached hydrogen (secondary N) is 2. The molecule has 0 spiro atoms. The normalized spacial score (nSPS) is 21.8. The number of halogens is 1. The van der Waals surface area contributed by atoms with E-state index in [4.69, 9.17) is 9.47 Å². The lowest BCUT2D eigenvalue weighted by atomic mass is 9.87. The van der Waals surface area contributed by atoms with Crippen molar-refractivity contribution in [1.29, 1.82) is 0 Å². The summed E-state index contributed by atoms with van der Waals surface area (Å²) in [6.07, 6.45) is 3.69. The van der Waals surface area contributed by atoms with E-state index in [1.165, 1.54) is 13.2 Å². The van der Waals surface area contributed by atoms with Crippen molar-refractivity contribution in [3.63, 3.8) is 0 Å². The third-order valence-corrected chi connectivity index (χ3v) is 7.58. The summed E-state index contributed by atoms with van der Waals surface area (Å²) in [4.78, 5) is 22.4. The first-order chi connectivity index (χ1) is 19.4. The van der Waals surface area contributed by atoms with Gasteiger partial charge in [0.2, 0.25) is 5.95 Å². The molecular formula is C29H36FN7O4. The van der Waals surface area contributed by atoms with Crippen LogP contribution in [0.4, 0.5) is 10.3 Å². The number of fused-ring (bicyclic) bond motifs is 3. The fraction of sp³-hybridized carbons (Fsp3) is 0.448. The quantitative estimate of drug-likeness (QED) is 0.294. The SMILES string of the molecule is COC1C=C(NCCN(C)C)C([N+](=O)[O-])=CC1(C)Nc1ncc(F)c(-c2c3n(c4ccccc24)C(C)(C)COC3)n1. The standard InChI is InChI=1S/C29H36FN7O4/c1-28(2)17-41-16-23-25(18-9-7-8-10-21(18)36(23)28)26-19(30)15-32-27(33-26)34-29(3)14-22(37(38)39)20(13-24(29)40-6)31-11-12-35(4)5/h7-10,13-15,24,31H,11-12,16-17H2,1-6H3,(H,32,33,34).